The molecule has 0 spiro atoms. The third-order valence-corrected chi connectivity index (χ3v) is 3.67. The van der Waals surface area contributed by atoms with Crippen LogP contribution in [0, 0.1) is 0 Å². The van der Waals surface area contributed by atoms with Gasteiger partial charge in [-0.3, -0.25) is 0 Å². The summed E-state index contributed by atoms with van der Waals surface area (Å²) < 4.78 is 11.0. The summed E-state index contributed by atoms with van der Waals surface area (Å²) in [6.45, 7) is 1.94. The fraction of sp³-hybridized carbons (Fsp3) is 0.250. The van der Waals surface area contributed by atoms with E-state index in [0.29, 0.717) is 27.1 Å². The zero-order valence-corrected chi connectivity index (χ0v) is 13.3. The number of benzene rings is 2. The van der Waals surface area contributed by atoms with E-state index in [1.165, 1.54) is 0 Å². The number of hydrogen-bond donors (Lipinski definition) is 1. The van der Waals surface area contributed by atoms with Crippen LogP contribution in [-0.2, 0) is 6.61 Å². The van der Waals surface area contributed by atoms with Crippen molar-refractivity contribution in [3.8, 4) is 11.5 Å². The van der Waals surface area contributed by atoms with Crippen LogP contribution in [0.1, 0.15) is 24.2 Å². The Bertz CT molecular complexity index is 627. The van der Waals surface area contributed by atoms with E-state index in [1.54, 1.807) is 50.4 Å². The molecule has 2 aromatic carbocycles. The van der Waals surface area contributed by atoms with Crippen LogP contribution in [0.3, 0.4) is 0 Å². The first-order valence-corrected chi connectivity index (χ1v) is 7.19. The second-order valence-corrected chi connectivity index (χ2v) is 5.45. The lowest BCUT2D eigenvalue weighted by Gasteiger charge is -2.15. The van der Waals surface area contributed by atoms with Crippen LogP contribution in [0.2, 0.25) is 10.0 Å². The Morgan fingerprint density at radius 2 is 1.90 bits per heavy atom. The molecule has 112 valence electrons. The smallest absolute Gasteiger partial charge is 0.129 e. The summed E-state index contributed by atoms with van der Waals surface area (Å²) in [4.78, 5) is 0. The number of aliphatic hydroxyl groups excluding tert-OH is 1. The zero-order chi connectivity index (χ0) is 15.4. The molecular weight excluding hydrogens is 311 g/mol. The van der Waals surface area contributed by atoms with Gasteiger partial charge in [-0.2, -0.15) is 0 Å². The molecule has 0 saturated heterocycles. The van der Waals surface area contributed by atoms with Crippen molar-refractivity contribution in [3.63, 3.8) is 0 Å². The van der Waals surface area contributed by atoms with Crippen LogP contribution in [0.5, 0.6) is 11.5 Å². The molecule has 0 aromatic heterocycles. The Kier molecular flexibility index (Phi) is 5.34. The highest BCUT2D eigenvalue weighted by Crippen LogP contribution is 2.31. The summed E-state index contributed by atoms with van der Waals surface area (Å²) in [7, 11) is 1.58. The molecule has 5 heteroatoms. The molecule has 0 saturated carbocycles. The number of methoxy groups -OCH3 is 1. The summed E-state index contributed by atoms with van der Waals surface area (Å²) in [5, 5.41) is 11.0. The molecule has 0 radical (unpaired) electrons. The van der Waals surface area contributed by atoms with Crippen LogP contribution < -0.4 is 9.47 Å². The Balaban J connectivity index is 2.24. The molecule has 1 atom stereocenters. The molecule has 0 aliphatic carbocycles. The average molecular weight is 327 g/mol. The zero-order valence-electron chi connectivity index (χ0n) is 11.8. The van der Waals surface area contributed by atoms with E-state index < -0.39 is 6.10 Å². The molecule has 0 heterocycles. The fourth-order valence-electron chi connectivity index (χ4n) is 1.92. The van der Waals surface area contributed by atoms with E-state index in [1.807, 2.05) is 0 Å². The molecule has 0 aliphatic heterocycles. The number of rotatable bonds is 5. The molecule has 1 N–H and O–H groups in total. The van der Waals surface area contributed by atoms with E-state index in [4.69, 9.17) is 32.7 Å². The lowest BCUT2D eigenvalue weighted by Crippen LogP contribution is -2.02. The normalized spacial score (nSPS) is 12.0. The molecule has 2 aromatic rings. The van der Waals surface area contributed by atoms with Gasteiger partial charge in [-0.05, 0) is 37.3 Å². The van der Waals surface area contributed by atoms with Crippen LogP contribution in [0.15, 0.2) is 36.4 Å². The van der Waals surface area contributed by atoms with Crippen molar-refractivity contribution in [1.29, 1.82) is 0 Å². The topological polar surface area (TPSA) is 38.7 Å². The van der Waals surface area contributed by atoms with Crippen LogP contribution in [0.4, 0.5) is 0 Å². The van der Waals surface area contributed by atoms with E-state index >= 15 is 0 Å². The van der Waals surface area contributed by atoms with Crippen molar-refractivity contribution in [1.82, 2.24) is 0 Å². The molecule has 21 heavy (non-hydrogen) atoms. The Morgan fingerprint density at radius 1 is 1.14 bits per heavy atom. The molecule has 0 fully saturated rings. The predicted octanol–water partition coefficient (Wildman–Crippen LogP) is 4.63. The highest BCUT2D eigenvalue weighted by Gasteiger charge is 2.12. The van der Waals surface area contributed by atoms with Gasteiger partial charge in [0.2, 0.25) is 0 Å². The Morgan fingerprint density at radius 3 is 2.57 bits per heavy atom. The molecule has 0 amide bonds. The predicted molar refractivity (Wildman–Crippen MR) is 84.4 cm³/mol. The molecule has 3 nitrogen and oxygen atoms in total. The van der Waals surface area contributed by atoms with Gasteiger partial charge in [-0.1, -0.05) is 23.2 Å². The SMILES string of the molecule is COc1ccc([C@@H](C)O)c(OCc2cc(Cl)ccc2Cl)c1. The first-order valence-electron chi connectivity index (χ1n) is 6.44. The second-order valence-electron chi connectivity index (χ2n) is 4.60. The second kappa shape index (κ2) is 7.03. The summed E-state index contributed by atoms with van der Waals surface area (Å²) >= 11 is 12.1. The quantitative estimate of drug-likeness (QED) is 0.870. The highest BCUT2D eigenvalue weighted by atomic mass is 35.5. The molecule has 0 bridgehead atoms. The molecule has 0 unspecified atom stereocenters. The maximum Gasteiger partial charge on any atom is 0.129 e. The Labute approximate surface area is 134 Å². The van der Waals surface area contributed by atoms with Crippen molar-refractivity contribution in [2.24, 2.45) is 0 Å². The fourth-order valence-corrected chi connectivity index (χ4v) is 2.29. The third kappa shape index (κ3) is 4.03. The molecular formula is C16H16Cl2O3. The van der Waals surface area contributed by atoms with Crippen molar-refractivity contribution in [2.45, 2.75) is 19.6 Å². The van der Waals surface area contributed by atoms with Gasteiger partial charge >= 0.3 is 0 Å². The van der Waals surface area contributed by atoms with Crippen molar-refractivity contribution >= 4 is 23.2 Å². The van der Waals surface area contributed by atoms with Crippen LogP contribution in [-0.4, -0.2) is 12.2 Å². The van der Waals surface area contributed by atoms with Gasteiger partial charge in [-0.25, -0.2) is 0 Å². The van der Waals surface area contributed by atoms with Crippen LogP contribution in [0.25, 0.3) is 0 Å². The lowest BCUT2D eigenvalue weighted by molar-refractivity contribution is 0.190. The maximum absolute atomic E-state index is 9.80. The standard InChI is InChI=1S/C16H16Cl2O3/c1-10(19)14-5-4-13(20-2)8-16(14)21-9-11-7-12(17)3-6-15(11)18/h3-8,10,19H,9H2,1-2H3/t10-/m1/s1. The van der Waals surface area contributed by atoms with E-state index in [9.17, 15) is 5.11 Å². The van der Waals surface area contributed by atoms with Crippen molar-refractivity contribution < 1.29 is 14.6 Å². The molecule has 0 aliphatic rings. The van der Waals surface area contributed by atoms with Gasteiger partial charge in [-0.15, -0.1) is 0 Å². The lowest BCUT2D eigenvalue weighted by atomic mass is 10.1. The van der Waals surface area contributed by atoms with E-state index in [2.05, 4.69) is 0 Å². The summed E-state index contributed by atoms with van der Waals surface area (Å²) in [5.41, 5.74) is 1.47. The van der Waals surface area contributed by atoms with Gasteiger partial charge in [0, 0.05) is 27.2 Å². The van der Waals surface area contributed by atoms with Gasteiger partial charge in [0.15, 0.2) is 0 Å². The minimum atomic E-state index is -0.638. The largest absolute Gasteiger partial charge is 0.497 e. The number of halogens is 2. The first kappa shape index (κ1) is 16.0. The highest BCUT2D eigenvalue weighted by molar-refractivity contribution is 6.33. The monoisotopic (exact) mass is 326 g/mol. The minimum Gasteiger partial charge on any atom is -0.497 e. The number of hydrogen-bond acceptors (Lipinski definition) is 3. The van der Waals surface area contributed by atoms with Crippen LogP contribution >= 0.6 is 23.2 Å². The summed E-state index contributed by atoms with van der Waals surface area (Å²) in [5.74, 6) is 1.21. The van der Waals surface area contributed by atoms with Crippen molar-refractivity contribution in [2.75, 3.05) is 7.11 Å². The summed E-state index contributed by atoms with van der Waals surface area (Å²) in [6, 6.07) is 10.5. The van der Waals surface area contributed by atoms with Gasteiger partial charge < -0.3 is 14.6 Å². The van der Waals surface area contributed by atoms with Gasteiger partial charge in [0.25, 0.3) is 0 Å². The summed E-state index contributed by atoms with van der Waals surface area (Å²) in [6.07, 6.45) is -0.638. The van der Waals surface area contributed by atoms with E-state index in [-0.39, 0.29) is 6.61 Å². The van der Waals surface area contributed by atoms with Gasteiger partial charge in [0.1, 0.15) is 18.1 Å². The third-order valence-electron chi connectivity index (χ3n) is 3.06. The number of aliphatic hydroxyl groups is 1. The van der Waals surface area contributed by atoms with Crippen molar-refractivity contribution in [3.05, 3.63) is 57.6 Å². The van der Waals surface area contributed by atoms with E-state index in [0.717, 1.165) is 5.56 Å². The molecule has 2 rings (SSSR count). The Hall–Kier alpha value is -1.42. The maximum atomic E-state index is 9.80. The average Bonchev–Trinajstić information content (AvgIpc) is 2.47. The first-order chi connectivity index (χ1) is 10.0. The minimum absolute atomic E-state index is 0.256. The van der Waals surface area contributed by atoms with Gasteiger partial charge in [0.05, 0.1) is 13.2 Å². The number of ether oxygens (including phenoxy) is 2.